The van der Waals surface area contributed by atoms with Gasteiger partial charge in [-0.05, 0) is 51.5 Å². The monoisotopic (exact) mass is 511 g/mol. The third-order valence-electron chi connectivity index (χ3n) is 7.48. The van der Waals surface area contributed by atoms with Crippen LogP contribution in [0.5, 0.6) is 0 Å². The molecule has 0 radical (unpaired) electrons. The first kappa shape index (κ1) is 23.7. The Hall–Kier alpha value is -5.41. The summed E-state index contributed by atoms with van der Waals surface area (Å²) < 4.78 is 0. The number of para-hydroxylation sites is 2. The van der Waals surface area contributed by atoms with Crippen molar-refractivity contribution in [3.05, 3.63) is 140 Å². The summed E-state index contributed by atoms with van der Waals surface area (Å²) >= 11 is 0. The maximum absolute atomic E-state index is 5.08. The fourth-order valence-electron chi connectivity index (χ4n) is 5.62. The molecule has 0 N–H and O–H groups in total. The van der Waals surface area contributed by atoms with E-state index in [4.69, 9.17) is 9.97 Å². The number of fused-ring (bicyclic) bond motifs is 3. The molecule has 0 unspecified atom stereocenters. The van der Waals surface area contributed by atoms with Crippen molar-refractivity contribution < 1.29 is 0 Å². The molecule has 40 heavy (non-hydrogen) atoms. The molecule has 3 nitrogen and oxygen atoms in total. The molecule has 0 amide bonds. The quantitative estimate of drug-likeness (QED) is 0.170. The highest BCUT2D eigenvalue weighted by Crippen LogP contribution is 2.42. The van der Waals surface area contributed by atoms with E-state index >= 15 is 0 Å². The van der Waals surface area contributed by atoms with E-state index in [2.05, 4.69) is 103 Å². The number of hydrogen-bond donors (Lipinski definition) is 0. The van der Waals surface area contributed by atoms with Crippen molar-refractivity contribution in [1.29, 1.82) is 0 Å². The lowest BCUT2D eigenvalue weighted by molar-refractivity contribution is 1.29. The first-order chi connectivity index (χ1) is 19.7. The normalized spacial score (nSPS) is 11.2. The molecule has 0 spiro atoms. The molecule has 1 heterocycles. The van der Waals surface area contributed by atoms with Gasteiger partial charge < -0.3 is 0 Å². The van der Waals surface area contributed by atoms with Crippen molar-refractivity contribution in [3.63, 3.8) is 0 Å². The minimum atomic E-state index is 0.678. The largest absolute Gasteiger partial charge is 0.265 e. The van der Waals surface area contributed by atoms with Crippen molar-refractivity contribution in [2.45, 2.75) is 0 Å². The van der Waals surface area contributed by atoms with Gasteiger partial charge in [0.2, 0.25) is 0 Å². The van der Waals surface area contributed by atoms with Gasteiger partial charge in [-0.25, -0.2) is 9.97 Å². The minimum absolute atomic E-state index is 0.678. The summed E-state index contributed by atoms with van der Waals surface area (Å²) in [5.41, 5.74) is 9.61. The van der Waals surface area contributed by atoms with Crippen molar-refractivity contribution in [3.8, 4) is 33.6 Å². The summed E-state index contributed by atoms with van der Waals surface area (Å²) in [4.78, 5) is 14.3. The maximum atomic E-state index is 5.08. The molecule has 0 atom stereocenters. The molecule has 3 heteroatoms. The van der Waals surface area contributed by atoms with E-state index < -0.39 is 0 Å². The van der Waals surface area contributed by atoms with Crippen molar-refractivity contribution in [2.24, 2.45) is 4.99 Å². The summed E-state index contributed by atoms with van der Waals surface area (Å²) in [6.45, 7) is 7.96. The molecule has 0 aliphatic heterocycles. The van der Waals surface area contributed by atoms with Crippen LogP contribution < -0.4 is 0 Å². The highest BCUT2D eigenvalue weighted by Gasteiger charge is 2.18. The highest BCUT2D eigenvalue weighted by atomic mass is 14.8. The van der Waals surface area contributed by atoms with Crippen molar-refractivity contribution in [2.75, 3.05) is 0 Å². The van der Waals surface area contributed by atoms with Crippen LogP contribution in [0.4, 0.5) is 0 Å². The number of hydrogen-bond acceptors (Lipinski definition) is 3. The van der Waals surface area contributed by atoms with E-state index in [1.807, 2.05) is 42.5 Å². The third-order valence-corrected chi connectivity index (χ3v) is 7.48. The molecule has 6 aromatic carbocycles. The van der Waals surface area contributed by atoms with E-state index in [9.17, 15) is 0 Å². The van der Waals surface area contributed by atoms with Crippen LogP contribution in [-0.4, -0.2) is 16.7 Å². The van der Waals surface area contributed by atoms with Gasteiger partial charge in [0.1, 0.15) is 0 Å². The maximum Gasteiger partial charge on any atom is 0.0973 e. The standard InChI is InChI=1S/C37H25N3/c1-24(38-2)34-28-14-6-8-16-30(28)35(31-17-9-7-15-29(31)34)25-20-22-27(23-21-25)37-36(26-12-4-3-5-13-26)39-32-18-10-11-19-33(32)40-37/h3-23H,1-2H2. The number of aromatic nitrogens is 2. The second-order valence-corrected chi connectivity index (χ2v) is 9.80. The average molecular weight is 512 g/mol. The molecule has 0 saturated heterocycles. The van der Waals surface area contributed by atoms with Crippen LogP contribution in [0.25, 0.3) is 71.9 Å². The first-order valence-corrected chi connectivity index (χ1v) is 13.3. The van der Waals surface area contributed by atoms with E-state index in [0.717, 1.165) is 66.2 Å². The molecule has 0 aliphatic rings. The molecule has 0 fully saturated rings. The van der Waals surface area contributed by atoms with Crippen LogP contribution in [0.15, 0.2) is 139 Å². The van der Waals surface area contributed by atoms with Crippen LogP contribution in [0.3, 0.4) is 0 Å². The Morgan fingerprint density at radius 2 is 0.900 bits per heavy atom. The average Bonchev–Trinajstić information content (AvgIpc) is 3.03. The highest BCUT2D eigenvalue weighted by molar-refractivity contribution is 6.18. The van der Waals surface area contributed by atoms with Gasteiger partial charge in [0.05, 0.1) is 28.1 Å². The summed E-state index contributed by atoms with van der Waals surface area (Å²) in [7, 11) is 0. The Morgan fingerprint density at radius 1 is 0.475 bits per heavy atom. The van der Waals surface area contributed by atoms with Crippen molar-refractivity contribution >= 4 is 45.0 Å². The lowest BCUT2D eigenvalue weighted by Crippen LogP contribution is -1.96. The topological polar surface area (TPSA) is 38.1 Å². The summed E-state index contributed by atoms with van der Waals surface area (Å²) in [6.07, 6.45) is 0. The number of benzene rings is 6. The molecular weight excluding hydrogens is 486 g/mol. The fraction of sp³-hybridized carbons (Fsp3) is 0. The zero-order chi connectivity index (χ0) is 27.1. The molecule has 188 valence electrons. The number of nitrogens with zero attached hydrogens (tertiary/aromatic N) is 3. The van der Waals surface area contributed by atoms with Gasteiger partial charge in [0.25, 0.3) is 0 Å². The first-order valence-electron chi connectivity index (χ1n) is 13.3. The predicted molar refractivity (Wildman–Crippen MR) is 169 cm³/mol. The van der Waals surface area contributed by atoms with Gasteiger partial charge in [-0.1, -0.05) is 122 Å². The molecule has 7 aromatic rings. The Kier molecular flexibility index (Phi) is 5.76. The third kappa shape index (κ3) is 3.88. The zero-order valence-corrected chi connectivity index (χ0v) is 21.9. The Bertz CT molecular complexity index is 2020. The van der Waals surface area contributed by atoms with Crippen LogP contribution in [0.2, 0.25) is 0 Å². The predicted octanol–water partition coefficient (Wildman–Crippen LogP) is 9.61. The molecule has 7 rings (SSSR count). The van der Waals surface area contributed by atoms with Gasteiger partial charge in [-0.2, -0.15) is 0 Å². The van der Waals surface area contributed by atoms with Crippen molar-refractivity contribution in [1.82, 2.24) is 9.97 Å². The van der Waals surface area contributed by atoms with Crippen LogP contribution in [0, 0.1) is 0 Å². The molecule has 0 bridgehead atoms. The number of aliphatic imine (C=N–C) groups is 1. The lowest BCUT2D eigenvalue weighted by Gasteiger charge is -2.17. The fourth-order valence-corrected chi connectivity index (χ4v) is 5.62. The minimum Gasteiger partial charge on any atom is -0.265 e. The summed E-state index contributed by atoms with van der Waals surface area (Å²) in [6, 6.07) is 43.9. The van der Waals surface area contributed by atoms with Crippen LogP contribution in [0.1, 0.15) is 5.56 Å². The van der Waals surface area contributed by atoms with E-state index in [0.29, 0.717) is 5.70 Å². The SMILES string of the molecule is C=NC(=C)c1c2ccccc2c(-c2ccc(-c3nc4ccccc4nc3-c3ccccc3)cc2)c2ccccc12. The van der Waals surface area contributed by atoms with Gasteiger partial charge in [-0.3, -0.25) is 4.99 Å². The van der Waals surface area contributed by atoms with Crippen LogP contribution in [-0.2, 0) is 0 Å². The summed E-state index contributed by atoms with van der Waals surface area (Å²) in [5, 5.41) is 4.54. The zero-order valence-electron chi connectivity index (χ0n) is 21.9. The van der Waals surface area contributed by atoms with E-state index in [-0.39, 0.29) is 0 Å². The smallest absolute Gasteiger partial charge is 0.0973 e. The van der Waals surface area contributed by atoms with Gasteiger partial charge in [-0.15, -0.1) is 0 Å². The molecular formula is C37H25N3. The van der Waals surface area contributed by atoms with E-state index in [1.54, 1.807) is 0 Å². The molecule has 1 aromatic heterocycles. The second-order valence-electron chi connectivity index (χ2n) is 9.80. The van der Waals surface area contributed by atoms with E-state index in [1.165, 1.54) is 5.56 Å². The lowest BCUT2D eigenvalue weighted by atomic mass is 9.87. The number of rotatable bonds is 5. The van der Waals surface area contributed by atoms with Gasteiger partial charge >= 0.3 is 0 Å². The van der Waals surface area contributed by atoms with Crippen LogP contribution >= 0.6 is 0 Å². The Labute approximate surface area is 232 Å². The molecule has 0 saturated carbocycles. The Morgan fingerprint density at radius 3 is 1.43 bits per heavy atom. The summed E-state index contributed by atoms with van der Waals surface area (Å²) in [5.74, 6) is 0. The van der Waals surface area contributed by atoms with Gasteiger partial charge in [0, 0.05) is 16.7 Å². The van der Waals surface area contributed by atoms with Gasteiger partial charge in [0.15, 0.2) is 0 Å². The second kappa shape index (κ2) is 9.72. The Balaban J connectivity index is 1.45. The molecule has 0 aliphatic carbocycles.